The lowest BCUT2D eigenvalue weighted by atomic mass is 10.0. The van der Waals surface area contributed by atoms with Gasteiger partial charge >= 0.3 is 0 Å². The quantitative estimate of drug-likeness (QED) is 0.545. The molecule has 6 nitrogen and oxygen atoms in total. The van der Waals surface area contributed by atoms with Crippen molar-refractivity contribution < 1.29 is 9.90 Å². The largest absolute Gasteiger partial charge is 0.378 e. The van der Waals surface area contributed by atoms with Crippen molar-refractivity contribution in [2.24, 2.45) is 0 Å². The monoisotopic (exact) mass is 519 g/mol. The second kappa shape index (κ2) is 7.85. The third-order valence-corrected chi connectivity index (χ3v) is 8.15. The van der Waals surface area contributed by atoms with E-state index in [1.54, 1.807) is 35.6 Å². The second-order valence-corrected chi connectivity index (χ2v) is 10.3. The normalized spacial score (nSPS) is 17.8. The Morgan fingerprint density at radius 3 is 2.84 bits per heavy atom. The second-order valence-electron chi connectivity index (χ2n) is 8.02. The minimum atomic E-state index is -1.32. The SMILES string of the molecule is O=C(C(O)c1cccc(Cl)c1)N1CCc2nc(C3(c4cc(Br)cs4)CC3)[nH]c(=O)c2C1. The summed E-state index contributed by atoms with van der Waals surface area (Å²) in [5.41, 5.74) is 1.24. The molecule has 9 heteroatoms. The number of hydrogen-bond donors (Lipinski definition) is 2. The van der Waals surface area contributed by atoms with Crippen LogP contribution >= 0.6 is 38.9 Å². The molecule has 1 aromatic carbocycles. The highest BCUT2D eigenvalue weighted by atomic mass is 79.9. The summed E-state index contributed by atoms with van der Waals surface area (Å²) < 4.78 is 1.03. The lowest BCUT2D eigenvalue weighted by molar-refractivity contribution is -0.141. The van der Waals surface area contributed by atoms with Gasteiger partial charge < -0.3 is 15.0 Å². The van der Waals surface area contributed by atoms with Gasteiger partial charge in [0.25, 0.3) is 11.5 Å². The van der Waals surface area contributed by atoms with Gasteiger partial charge in [0.1, 0.15) is 5.82 Å². The van der Waals surface area contributed by atoms with E-state index in [1.165, 1.54) is 9.78 Å². The molecule has 2 aliphatic rings. The number of hydrogen-bond acceptors (Lipinski definition) is 5. The number of H-pyrrole nitrogens is 1. The zero-order valence-corrected chi connectivity index (χ0v) is 19.6. The Balaban J connectivity index is 1.40. The molecule has 0 bridgehead atoms. The van der Waals surface area contributed by atoms with Crippen molar-refractivity contribution in [3.63, 3.8) is 0 Å². The lowest BCUT2D eigenvalue weighted by Gasteiger charge is -2.30. The van der Waals surface area contributed by atoms with Crippen LogP contribution in [0.15, 0.2) is 45.0 Å². The molecule has 0 spiro atoms. The highest BCUT2D eigenvalue weighted by Crippen LogP contribution is 2.54. The van der Waals surface area contributed by atoms with Crippen molar-refractivity contribution in [3.05, 3.63) is 83.1 Å². The number of fused-ring (bicyclic) bond motifs is 1. The van der Waals surface area contributed by atoms with Gasteiger partial charge in [-0.1, -0.05) is 23.7 Å². The number of aliphatic hydroxyl groups is 1. The number of aromatic nitrogens is 2. The summed E-state index contributed by atoms with van der Waals surface area (Å²) in [6.07, 6.45) is 1.07. The molecule has 2 N–H and O–H groups in total. The van der Waals surface area contributed by atoms with Gasteiger partial charge in [-0.15, -0.1) is 11.3 Å². The molecular formula is C22H19BrClN3O3S. The Kier molecular flexibility index (Phi) is 5.29. The number of rotatable bonds is 4. The van der Waals surface area contributed by atoms with Crippen LogP contribution in [0.2, 0.25) is 5.02 Å². The average Bonchev–Trinajstić information content (AvgIpc) is 3.47. The summed E-state index contributed by atoms with van der Waals surface area (Å²) >= 11 is 11.1. The summed E-state index contributed by atoms with van der Waals surface area (Å²) in [7, 11) is 0. The molecule has 1 amide bonds. The molecule has 1 aliphatic heterocycles. The molecule has 1 aliphatic carbocycles. The van der Waals surface area contributed by atoms with E-state index < -0.39 is 12.0 Å². The van der Waals surface area contributed by atoms with Crippen LogP contribution in [-0.2, 0) is 23.2 Å². The van der Waals surface area contributed by atoms with Crippen LogP contribution in [0.5, 0.6) is 0 Å². The summed E-state index contributed by atoms with van der Waals surface area (Å²) in [6.45, 7) is 0.531. The standard InChI is InChI=1S/C22H19BrClN3O3S/c23-13-9-17(31-11-13)22(5-6-22)21-25-16-4-7-27(10-15(16)19(29)26-21)20(30)18(28)12-2-1-3-14(24)8-12/h1-3,8-9,11,18,28H,4-7,10H2,(H,25,26,29). The third kappa shape index (κ3) is 3.75. The van der Waals surface area contributed by atoms with Crippen molar-refractivity contribution >= 4 is 44.8 Å². The van der Waals surface area contributed by atoms with E-state index in [9.17, 15) is 14.7 Å². The van der Waals surface area contributed by atoms with E-state index in [0.29, 0.717) is 34.9 Å². The number of nitrogens with zero attached hydrogens (tertiary/aromatic N) is 2. The average molecular weight is 521 g/mol. The predicted molar refractivity (Wildman–Crippen MR) is 122 cm³/mol. The van der Waals surface area contributed by atoms with Gasteiger partial charge in [0.15, 0.2) is 6.10 Å². The predicted octanol–water partition coefficient (Wildman–Crippen LogP) is 3.95. The highest BCUT2D eigenvalue weighted by Gasteiger charge is 2.50. The van der Waals surface area contributed by atoms with Crippen molar-refractivity contribution in [1.82, 2.24) is 14.9 Å². The highest BCUT2D eigenvalue weighted by molar-refractivity contribution is 9.10. The van der Waals surface area contributed by atoms with E-state index in [2.05, 4.69) is 27.0 Å². The number of thiophene rings is 1. The molecule has 1 saturated carbocycles. The molecule has 1 atom stereocenters. The number of benzene rings is 1. The van der Waals surface area contributed by atoms with Gasteiger partial charge in [-0.05, 0) is 52.5 Å². The fourth-order valence-electron chi connectivity index (χ4n) is 4.12. The summed E-state index contributed by atoms with van der Waals surface area (Å²) in [6, 6.07) is 8.69. The van der Waals surface area contributed by atoms with E-state index in [4.69, 9.17) is 16.6 Å². The maximum atomic E-state index is 12.9. The first kappa shape index (κ1) is 20.9. The molecule has 1 fully saturated rings. The van der Waals surface area contributed by atoms with Crippen LogP contribution in [0, 0.1) is 0 Å². The van der Waals surface area contributed by atoms with Crippen molar-refractivity contribution in [3.8, 4) is 0 Å². The molecule has 1 unspecified atom stereocenters. The first-order chi connectivity index (χ1) is 14.9. The van der Waals surface area contributed by atoms with Crippen molar-refractivity contribution in [2.75, 3.05) is 6.54 Å². The van der Waals surface area contributed by atoms with Crippen molar-refractivity contribution in [1.29, 1.82) is 0 Å². The first-order valence-electron chi connectivity index (χ1n) is 9.97. The summed E-state index contributed by atoms with van der Waals surface area (Å²) in [4.78, 5) is 36.3. The number of halogens is 2. The fraction of sp³-hybridized carbons (Fsp3) is 0.318. The zero-order chi connectivity index (χ0) is 21.8. The van der Waals surface area contributed by atoms with Gasteiger partial charge in [0.05, 0.1) is 23.2 Å². The molecule has 0 saturated heterocycles. The maximum absolute atomic E-state index is 12.9. The van der Waals surface area contributed by atoms with Crippen LogP contribution in [0.25, 0.3) is 0 Å². The lowest BCUT2D eigenvalue weighted by Crippen LogP contribution is -2.42. The Bertz CT molecular complexity index is 1240. The Hall–Kier alpha value is -2.00. The maximum Gasteiger partial charge on any atom is 0.256 e. The van der Waals surface area contributed by atoms with Crippen LogP contribution in [-0.4, -0.2) is 32.4 Å². The van der Waals surface area contributed by atoms with Gasteiger partial charge in [-0.3, -0.25) is 9.59 Å². The Morgan fingerprint density at radius 2 is 2.16 bits per heavy atom. The number of carbonyl (C=O) groups excluding carboxylic acids is 1. The molecule has 3 aromatic rings. The smallest absolute Gasteiger partial charge is 0.256 e. The number of nitrogens with one attached hydrogen (secondary N) is 1. The van der Waals surface area contributed by atoms with Crippen LogP contribution in [0.1, 0.15) is 46.5 Å². The van der Waals surface area contributed by atoms with E-state index in [1.807, 2.05) is 5.38 Å². The molecule has 31 heavy (non-hydrogen) atoms. The minimum absolute atomic E-state index is 0.131. The van der Waals surface area contributed by atoms with Crippen LogP contribution in [0.3, 0.4) is 0 Å². The van der Waals surface area contributed by atoms with Gasteiger partial charge in [0.2, 0.25) is 0 Å². The summed E-state index contributed by atoms with van der Waals surface area (Å²) in [5.74, 6) is 0.267. The Labute approximate surface area is 196 Å². The molecule has 5 rings (SSSR count). The third-order valence-electron chi connectivity index (χ3n) is 6.02. The molecule has 0 radical (unpaired) electrons. The van der Waals surface area contributed by atoms with E-state index in [0.717, 1.165) is 23.0 Å². The zero-order valence-electron chi connectivity index (χ0n) is 16.4. The number of amides is 1. The molecule has 160 valence electrons. The minimum Gasteiger partial charge on any atom is -0.378 e. The van der Waals surface area contributed by atoms with E-state index >= 15 is 0 Å². The number of aromatic amines is 1. The Morgan fingerprint density at radius 1 is 1.35 bits per heavy atom. The number of carbonyl (C=O) groups is 1. The topological polar surface area (TPSA) is 86.3 Å². The van der Waals surface area contributed by atoms with Crippen LogP contribution < -0.4 is 5.56 Å². The summed E-state index contributed by atoms with van der Waals surface area (Å²) in [5, 5.41) is 13.0. The van der Waals surface area contributed by atoms with E-state index in [-0.39, 0.29) is 17.5 Å². The molecule has 3 heterocycles. The first-order valence-corrected chi connectivity index (χ1v) is 12.0. The van der Waals surface area contributed by atoms with Gasteiger partial charge in [-0.25, -0.2) is 4.98 Å². The van der Waals surface area contributed by atoms with Gasteiger partial charge in [0, 0.05) is 32.7 Å². The fourth-order valence-corrected chi connectivity index (χ4v) is 6.01. The van der Waals surface area contributed by atoms with Crippen LogP contribution in [0.4, 0.5) is 0 Å². The molecular weight excluding hydrogens is 502 g/mol. The molecule has 2 aromatic heterocycles. The number of aliphatic hydroxyl groups excluding tert-OH is 1. The van der Waals surface area contributed by atoms with Crippen molar-refractivity contribution in [2.45, 2.75) is 37.3 Å². The van der Waals surface area contributed by atoms with Gasteiger partial charge in [-0.2, -0.15) is 0 Å².